The quantitative estimate of drug-likeness (QED) is 0.838. The van der Waals surface area contributed by atoms with Crippen LogP contribution in [0.1, 0.15) is 23.7 Å². The topological polar surface area (TPSA) is 64.2 Å². The summed E-state index contributed by atoms with van der Waals surface area (Å²) >= 11 is 0. The zero-order chi connectivity index (χ0) is 13.1. The van der Waals surface area contributed by atoms with Crippen molar-refractivity contribution < 1.29 is 40.5 Å². The summed E-state index contributed by atoms with van der Waals surface area (Å²) in [5, 5.41) is 26.8. The molecule has 0 heterocycles. The van der Waals surface area contributed by atoms with E-state index in [9.17, 15) is 18.3 Å². The average molecular weight is 309 g/mol. The standard InChI is InChI=1S/C11H10F3NO2.Cu/c12-11(13,14)10(17)5-9(16)8-3-1-7(6-15)2-4-8;/h1-4,9-10,16-17H,5H2;. The molecule has 2 atom stereocenters. The fraction of sp³-hybridized carbons (Fsp3) is 0.364. The van der Waals surface area contributed by atoms with Crippen molar-refractivity contribution in [1.29, 1.82) is 5.26 Å². The molecule has 2 N–H and O–H groups in total. The van der Waals surface area contributed by atoms with Crippen LogP contribution in [-0.2, 0) is 17.1 Å². The number of halogens is 3. The molecule has 0 aromatic heterocycles. The Hall–Kier alpha value is -1.06. The van der Waals surface area contributed by atoms with Crippen molar-refractivity contribution in [2.24, 2.45) is 0 Å². The van der Waals surface area contributed by atoms with E-state index in [1.807, 2.05) is 6.07 Å². The van der Waals surface area contributed by atoms with Crippen LogP contribution in [0.25, 0.3) is 0 Å². The number of alkyl halides is 3. The predicted octanol–water partition coefficient (Wildman–Crippen LogP) is 1.90. The molecule has 0 aliphatic carbocycles. The van der Waals surface area contributed by atoms with Gasteiger partial charge in [-0.1, -0.05) is 12.1 Å². The van der Waals surface area contributed by atoms with E-state index in [1.165, 1.54) is 24.3 Å². The van der Waals surface area contributed by atoms with Gasteiger partial charge in [0.05, 0.1) is 17.7 Å². The Balaban J connectivity index is 0.00000289. The third kappa shape index (κ3) is 4.67. The number of hydrogen-bond donors (Lipinski definition) is 2. The van der Waals surface area contributed by atoms with Crippen LogP contribution in [0.2, 0.25) is 0 Å². The van der Waals surface area contributed by atoms with Gasteiger partial charge in [-0.25, -0.2) is 0 Å². The van der Waals surface area contributed by atoms with E-state index in [4.69, 9.17) is 10.4 Å². The molecule has 0 saturated carbocycles. The smallest absolute Gasteiger partial charge is 0.388 e. The molecule has 0 bridgehead atoms. The number of aliphatic hydroxyl groups excluding tert-OH is 2. The van der Waals surface area contributed by atoms with Gasteiger partial charge in [-0.2, -0.15) is 18.4 Å². The maximum Gasteiger partial charge on any atom is 0.414 e. The molecule has 2 unspecified atom stereocenters. The molecule has 3 nitrogen and oxygen atoms in total. The third-order valence-corrected chi connectivity index (χ3v) is 2.25. The molecule has 0 aliphatic rings. The van der Waals surface area contributed by atoms with Gasteiger partial charge in [0.25, 0.3) is 0 Å². The van der Waals surface area contributed by atoms with Crippen LogP contribution in [0.3, 0.4) is 0 Å². The van der Waals surface area contributed by atoms with Gasteiger partial charge < -0.3 is 10.2 Å². The zero-order valence-electron chi connectivity index (χ0n) is 8.95. The van der Waals surface area contributed by atoms with E-state index in [1.54, 1.807) is 0 Å². The number of aliphatic hydroxyl groups is 2. The molecule has 103 valence electrons. The van der Waals surface area contributed by atoms with Crippen molar-refractivity contribution in [2.45, 2.75) is 24.8 Å². The van der Waals surface area contributed by atoms with Crippen LogP contribution in [0, 0.1) is 11.3 Å². The van der Waals surface area contributed by atoms with E-state index in [2.05, 4.69) is 0 Å². The molecule has 1 aromatic carbocycles. The molecule has 0 fully saturated rings. The first-order valence-corrected chi connectivity index (χ1v) is 4.77. The Labute approximate surface area is 112 Å². The van der Waals surface area contributed by atoms with Crippen molar-refractivity contribution in [1.82, 2.24) is 0 Å². The van der Waals surface area contributed by atoms with Crippen LogP contribution in [0.15, 0.2) is 24.3 Å². The summed E-state index contributed by atoms with van der Waals surface area (Å²) < 4.78 is 36.1. The van der Waals surface area contributed by atoms with Gasteiger partial charge in [-0.05, 0) is 17.7 Å². The van der Waals surface area contributed by atoms with E-state index >= 15 is 0 Å². The fourth-order valence-electron chi connectivity index (χ4n) is 1.26. The maximum absolute atomic E-state index is 12.0. The third-order valence-electron chi connectivity index (χ3n) is 2.25. The van der Waals surface area contributed by atoms with Gasteiger partial charge in [-0.15, -0.1) is 0 Å². The van der Waals surface area contributed by atoms with Crippen LogP contribution < -0.4 is 0 Å². The minimum absolute atomic E-state index is 0. The normalized spacial score (nSPS) is 14.2. The van der Waals surface area contributed by atoms with E-state index < -0.39 is 24.8 Å². The first kappa shape index (κ1) is 16.9. The second kappa shape index (κ2) is 6.76. The fourth-order valence-corrected chi connectivity index (χ4v) is 1.26. The Morgan fingerprint density at radius 1 is 1.17 bits per heavy atom. The minimum atomic E-state index is -4.74. The summed E-state index contributed by atoms with van der Waals surface area (Å²) in [6.07, 6.45) is -9.55. The number of rotatable bonds is 3. The van der Waals surface area contributed by atoms with Crippen molar-refractivity contribution in [2.75, 3.05) is 0 Å². The molecule has 0 saturated heterocycles. The van der Waals surface area contributed by atoms with Gasteiger partial charge in [0, 0.05) is 23.5 Å². The molecular weight excluding hydrogens is 299 g/mol. The second-order valence-corrected chi connectivity index (χ2v) is 3.54. The minimum Gasteiger partial charge on any atom is -0.388 e. The molecule has 18 heavy (non-hydrogen) atoms. The van der Waals surface area contributed by atoms with Gasteiger partial charge in [0.15, 0.2) is 6.10 Å². The van der Waals surface area contributed by atoms with Gasteiger partial charge in [-0.3, -0.25) is 0 Å². The van der Waals surface area contributed by atoms with Crippen LogP contribution in [0.4, 0.5) is 13.2 Å². The van der Waals surface area contributed by atoms with Crippen molar-refractivity contribution >= 4 is 0 Å². The summed E-state index contributed by atoms with van der Waals surface area (Å²) in [4.78, 5) is 0. The van der Waals surface area contributed by atoms with Crippen molar-refractivity contribution in [3.05, 3.63) is 35.4 Å². The predicted molar refractivity (Wildman–Crippen MR) is 52.8 cm³/mol. The summed E-state index contributed by atoms with van der Waals surface area (Å²) in [7, 11) is 0. The monoisotopic (exact) mass is 308 g/mol. The zero-order valence-corrected chi connectivity index (χ0v) is 9.89. The summed E-state index contributed by atoms with van der Waals surface area (Å²) in [5.41, 5.74) is 0.574. The Morgan fingerprint density at radius 3 is 2.06 bits per heavy atom. The van der Waals surface area contributed by atoms with Crippen LogP contribution in [-0.4, -0.2) is 22.5 Å². The van der Waals surface area contributed by atoms with Crippen molar-refractivity contribution in [3.8, 4) is 6.07 Å². The van der Waals surface area contributed by atoms with E-state index in [0.29, 0.717) is 5.56 Å². The molecule has 0 aliphatic heterocycles. The van der Waals surface area contributed by atoms with E-state index in [-0.39, 0.29) is 22.6 Å². The van der Waals surface area contributed by atoms with Crippen LogP contribution >= 0.6 is 0 Å². The number of nitrogens with zero attached hydrogens (tertiary/aromatic N) is 1. The molecule has 0 spiro atoms. The van der Waals surface area contributed by atoms with E-state index in [0.717, 1.165) is 0 Å². The Kier molecular flexibility index (Phi) is 6.36. The van der Waals surface area contributed by atoms with Gasteiger partial charge >= 0.3 is 6.18 Å². The Bertz CT molecular complexity index is 414. The van der Waals surface area contributed by atoms with Gasteiger partial charge in [0.2, 0.25) is 0 Å². The van der Waals surface area contributed by atoms with Crippen LogP contribution in [0.5, 0.6) is 0 Å². The first-order valence-electron chi connectivity index (χ1n) is 4.77. The Morgan fingerprint density at radius 2 is 1.67 bits per heavy atom. The molecule has 1 aromatic rings. The average Bonchev–Trinajstić information content (AvgIpc) is 2.27. The number of nitriles is 1. The largest absolute Gasteiger partial charge is 0.414 e. The molecular formula is C11H10CuF3NO2. The number of hydrogen-bond acceptors (Lipinski definition) is 3. The summed E-state index contributed by atoms with van der Waals surface area (Å²) in [6, 6.07) is 7.33. The number of benzene rings is 1. The SMILES string of the molecule is N#Cc1ccc(C(O)CC(O)C(F)(F)F)cc1.[Cu]. The second-order valence-electron chi connectivity index (χ2n) is 3.54. The molecule has 1 rings (SSSR count). The molecule has 1 radical (unpaired) electrons. The molecule has 7 heteroatoms. The van der Waals surface area contributed by atoms with Gasteiger partial charge in [0.1, 0.15) is 0 Å². The summed E-state index contributed by atoms with van der Waals surface area (Å²) in [5.74, 6) is 0. The summed E-state index contributed by atoms with van der Waals surface area (Å²) in [6.45, 7) is 0. The van der Waals surface area contributed by atoms with Crippen molar-refractivity contribution in [3.63, 3.8) is 0 Å². The first-order chi connectivity index (χ1) is 7.84. The molecule has 0 amide bonds. The maximum atomic E-state index is 12.0.